The molecule has 1 saturated heterocycles. The van der Waals surface area contributed by atoms with Crippen molar-refractivity contribution in [2.45, 2.75) is 57.5 Å². The van der Waals surface area contributed by atoms with Gasteiger partial charge in [-0.2, -0.15) is 0 Å². The minimum atomic E-state index is -0.669. The average Bonchev–Trinajstić information content (AvgIpc) is 2.46. The first-order chi connectivity index (χ1) is 9.66. The molecule has 0 radical (unpaired) electrons. The Morgan fingerprint density at radius 1 is 1.35 bits per heavy atom. The highest BCUT2D eigenvalue weighted by Crippen LogP contribution is 2.24. The molecule has 1 fully saturated rings. The first-order valence-electron chi connectivity index (χ1n) is 7.68. The summed E-state index contributed by atoms with van der Waals surface area (Å²) >= 11 is 0. The predicted octanol–water partition coefficient (Wildman–Crippen LogP) is 3.34. The van der Waals surface area contributed by atoms with Gasteiger partial charge in [-0.3, -0.25) is 9.69 Å². The molecule has 2 rings (SSSR count). The van der Waals surface area contributed by atoms with E-state index < -0.39 is 5.97 Å². The number of carbonyl (C=O) groups is 1. The zero-order valence-electron chi connectivity index (χ0n) is 12.3. The Bertz CT molecular complexity index is 418. The number of aliphatic carboxylic acids is 1. The molecular weight excluding hydrogens is 250 g/mol. The van der Waals surface area contributed by atoms with Crippen molar-refractivity contribution in [1.82, 2.24) is 4.90 Å². The molecule has 0 aromatic heterocycles. The summed E-state index contributed by atoms with van der Waals surface area (Å²) in [6.45, 7) is 3.29. The summed E-state index contributed by atoms with van der Waals surface area (Å²) in [6, 6.07) is 11.2. The van der Waals surface area contributed by atoms with Crippen LogP contribution in [0.4, 0.5) is 0 Å². The van der Waals surface area contributed by atoms with Gasteiger partial charge in [-0.15, -0.1) is 0 Å². The zero-order valence-corrected chi connectivity index (χ0v) is 12.3. The molecular formula is C17H25NO2. The second-order valence-electron chi connectivity index (χ2n) is 5.86. The molecule has 0 saturated carbocycles. The number of carboxylic acid groups (broad SMARTS) is 1. The van der Waals surface area contributed by atoms with Gasteiger partial charge in [0.1, 0.15) is 0 Å². The third kappa shape index (κ3) is 4.34. The second kappa shape index (κ2) is 7.44. The quantitative estimate of drug-likeness (QED) is 0.865. The number of piperidine rings is 1. The Morgan fingerprint density at radius 3 is 2.80 bits per heavy atom. The monoisotopic (exact) mass is 275 g/mol. The van der Waals surface area contributed by atoms with Crippen LogP contribution in [0, 0.1) is 0 Å². The van der Waals surface area contributed by atoms with Crippen LogP contribution < -0.4 is 0 Å². The van der Waals surface area contributed by atoms with Crippen LogP contribution >= 0.6 is 0 Å². The number of benzene rings is 1. The normalized spacial score (nSPS) is 21.6. The maximum absolute atomic E-state index is 11.0. The number of likely N-dealkylation sites (tertiary alicyclic amines) is 1. The van der Waals surface area contributed by atoms with Gasteiger partial charge in [-0.25, -0.2) is 0 Å². The topological polar surface area (TPSA) is 40.5 Å². The van der Waals surface area contributed by atoms with E-state index in [1.165, 1.54) is 18.4 Å². The van der Waals surface area contributed by atoms with Gasteiger partial charge in [0.2, 0.25) is 0 Å². The molecule has 3 nitrogen and oxygen atoms in total. The summed E-state index contributed by atoms with van der Waals surface area (Å²) in [5.41, 5.74) is 1.37. The van der Waals surface area contributed by atoms with Gasteiger partial charge in [0.25, 0.3) is 0 Å². The lowest BCUT2D eigenvalue weighted by atomic mass is 9.95. The van der Waals surface area contributed by atoms with Crippen LogP contribution in [0.2, 0.25) is 0 Å². The van der Waals surface area contributed by atoms with Gasteiger partial charge < -0.3 is 5.11 Å². The van der Waals surface area contributed by atoms with E-state index in [-0.39, 0.29) is 12.5 Å². The second-order valence-corrected chi connectivity index (χ2v) is 5.86. The number of hydrogen-bond donors (Lipinski definition) is 1. The lowest BCUT2D eigenvalue weighted by Gasteiger charge is -2.39. The molecule has 20 heavy (non-hydrogen) atoms. The summed E-state index contributed by atoms with van der Waals surface area (Å²) < 4.78 is 0. The fraction of sp³-hybridized carbons (Fsp3) is 0.588. The van der Waals surface area contributed by atoms with Crippen LogP contribution in [-0.4, -0.2) is 34.6 Å². The highest BCUT2D eigenvalue weighted by Gasteiger charge is 2.27. The van der Waals surface area contributed by atoms with E-state index in [1.807, 2.05) is 6.07 Å². The van der Waals surface area contributed by atoms with Crippen molar-refractivity contribution in [3.05, 3.63) is 35.9 Å². The van der Waals surface area contributed by atoms with E-state index in [9.17, 15) is 4.79 Å². The minimum Gasteiger partial charge on any atom is -0.481 e. The van der Waals surface area contributed by atoms with Crippen molar-refractivity contribution < 1.29 is 9.90 Å². The van der Waals surface area contributed by atoms with Gasteiger partial charge >= 0.3 is 5.97 Å². The van der Waals surface area contributed by atoms with Gasteiger partial charge in [0, 0.05) is 12.1 Å². The molecule has 1 aliphatic rings. The molecule has 1 aromatic rings. The van der Waals surface area contributed by atoms with Crippen LogP contribution in [0.3, 0.4) is 0 Å². The minimum absolute atomic E-state index is 0.229. The van der Waals surface area contributed by atoms with Gasteiger partial charge in [-0.1, -0.05) is 36.8 Å². The van der Waals surface area contributed by atoms with Crippen molar-refractivity contribution in [3.63, 3.8) is 0 Å². The maximum atomic E-state index is 11.0. The summed E-state index contributed by atoms with van der Waals surface area (Å²) in [5, 5.41) is 9.05. The van der Waals surface area contributed by atoms with E-state index in [0.29, 0.717) is 6.04 Å². The van der Waals surface area contributed by atoms with Crippen LogP contribution in [0.5, 0.6) is 0 Å². The van der Waals surface area contributed by atoms with Gasteiger partial charge in [0.05, 0.1) is 6.42 Å². The van der Waals surface area contributed by atoms with Crippen molar-refractivity contribution >= 4 is 5.97 Å². The highest BCUT2D eigenvalue weighted by atomic mass is 16.4. The lowest BCUT2D eigenvalue weighted by Crippen LogP contribution is -2.46. The smallest absolute Gasteiger partial charge is 0.304 e. The molecule has 1 N–H and O–H groups in total. The van der Waals surface area contributed by atoms with Crippen LogP contribution in [0.25, 0.3) is 0 Å². The summed E-state index contributed by atoms with van der Waals surface area (Å²) in [4.78, 5) is 13.4. The molecule has 0 aliphatic carbocycles. The number of carboxylic acids is 1. The Kier molecular flexibility index (Phi) is 5.60. The Hall–Kier alpha value is -1.35. The van der Waals surface area contributed by atoms with Crippen molar-refractivity contribution in [3.8, 4) is 0 Å². The van der Waals surface area contributed by atoms with Gasteiger partial charge in [-0.05, 0) is 44.7 Å². The first-order valence-corrected chi connectivity index (χ1v) is 7.68. The van der Waals surface area contributed by atoms with E-state index in [1.54, 1.807) is 0 Å². The molecule has 2 atom stereocenters. The number of aryl methyl sites for hydroxylation is 1. The fourth-order valence-electron chi connectivity index (χ4n) is 3.21. The van der Waals surface area contributed by atoms with Crippen LogP contribution in [0.15, 0.2) is 30.3 Å². The lowest BCUT2D eigenvalue weighted by molar-refractivity contribution is -0.139. The van der Waals surface area contributed by atoms with Gasteiger partial charge in [0.15, 0.2) is 0 Å². The Labute approximate surface area is 121 Å². The Morgan fingerprint density at radius 2 is 2.10 bits per heavy atom. The molecule has 1 aromatic carbocycles. The molecule has 0 amide bonds. The van der Waals surface area contributed by atoms with Crippen molar-refractivity contribution in [2.75, 3.05) is 6.54 Å². The van der Waals surface area contributed by atoms with E-state index >= 15 is 0 Å². The van der Waals surface area contributed by atoms with Crippen molar-refractivity contribution in [2.24, 2.45) is 0 Å². The standard InChI is InChI=1S/C17H25NO2/c1-14(10-11-15-7-3-2-4-8-15)18-12-6-5-9-16(18)13-17(19)20/h2-4,7-8,14,16H,5-6,9-13H2,1H3,(H,19,20). The third-order valence-corrected chi connectivity index (χ3v) is 4.34. The molecule has 1 heterocycles. The Balaban J connectivity index is 1.88. The van der Waals surface area contributed by atoms with Crippen molar-refractivity contribution in [1.29, 1.82) is 0 Å². The number of nitrogens with zero attached hydrogens (tertiary/aromatic N) is 1. The SMILES string of the molecule is CC(CCc1ccccc1)N1CCCCC1CC(=O)O. The van der Waals surface area contributed by atoms with Crippen LogP contribution in [0.1, 0.15) is 44.6 Å². The van der Waals surface area contributed by atoms with E-state index in [2.05, 4.69) is 36.1 Å². The summed E-state index contributed by atoms with van der Waals surface area (Å²) in [5.74, 6) is -0.669. The molecule has 1 aliphatic heterocycles. The number of rotatable bonds is 6. The van der Waals surface area contributed by atoms with Crippen LogP contribution in [-0.2, 0) is 11.2 Å². The molecule has 110 valence electrons. The highest BCUT2D eigenvalue weighted by molar-refractivity contribution is 5.67. The van der Waals surface area contributed by atoms with E-state index in [0.717, 1.165) is 25.8 Å². The summed E-state index contributed by atoms with van der Waals surface area (Å²) in [7, 11) is 0. The maximum Gasteiger partial charge on any atom is 0.304 e. The largest absolute Gasteiger partial charge is 0.481 e. The van der Waals surface area contributed by atoms with E-state index in [4.69, 9.17) is 5.11 Å². The average molecular weight is 275 g/mol. The predicted molar refractivity (Wildman–Crippen MR) is 80.8 cm³/mol. The first kappa shape index (κ1) is 15.0. The molecule has 0 bridgehead atoms. The number of hydrogen-bond acceptors (Lipinski definition) is 2. The molecule has 0 spiro atoms. The third-order valence-electron chi connectivity index (χ3n) is 4.34. The fourth-order valence-corrected chi connectivity index (χ4v) is 3.21. The summed E-state index contributed by atoms with van der Waals surface area (Å²) in [6.07, 6.45) is 5.85. The zero-order chi connectivity index (χ0) is 14.4. The molecule has 2 unspecified atom stereocenters. The molecule has 3 heteroatoms.